The number of nitrogens with zero attached hydrogens (tertiary/aromatic N) is 2. The molecule has 7 heteroatoms. The van der Waals surface area contributed by atoms with Crippen LogP contribution in [-0.4, -0.2) is 18.5 Å². The number of hydrogen-bond acceptors (Lipinski definition) is 3. The summed E-state index contributed by atoms with van der Waals surface area (Å²) in [6.07, 6.45) is 2.51. The van der Waals surface area contributed by atoms with Crippen molar-refractivity contribution in [1.82, 2.24) is 0 Å². The zero-order valence-electron chi connectivity index (χ0n) is 17.2. The molecule has 1 atom stereocenters. The van der Waals surface area contributed by atoms with Gasteiger partial charge in [0.25, 0.3) is 5.91 Å². The minimum Gasteiger partial charge on any atom is -0.369 e. The van der Waals surface area contributed by atoms with Crippen molar-refractivity contribution >= 4 is 58.2 Å². The number of benzene rings is 2. The van der Waals surface area contributed by atoms with E-state index >= 15 is 0 Å². The Bertz CT molecular complexity index is 1090. The van der Waals surface area contributed by atoms with Crippen molar-refractivity contribution in [2.45, 2.75) is 38.6 Å². The first-order valence-corrected chi connectivity index (χ1v) is 10.6. The molecule has 1 aliphatic heterocycles. The number of amides is 1. The van der Waals surface area contributed by atoms with E-state index in [9.17, 15) is 10.1 Å². The smallest absolute Gasteiger partial charge is 0.266 e. The van der Waals surface area contributed by atoms with Crippen LogP contribution in [0.1, 0.15) is 44.2 Å². The van der Waals surface area contributed by atoms with Gasteiger partial charge in [-0.05, 0) is 73.7 Å². The van der Waals surface area contributed by atoms with E-state index in [1.807, 2.05) is 18.2 Å². The lowest BCUT2D eigenvalue weighted by Crippen LogP contribution is -2.45. The van der Waals surface area contributed by atoms with Gasteiger partial charge < -0.3 is 10.2 Å². The molecule has 0 fully saturated rings. The fourth-order valence-electron chi connectivity index (χ4n) is 3.79. The van der Waals surface area contributed by atoms with E-state index in [1.54, 1.807) is 12.1 Å². The van der Waals surface area contributed by atoms with Crippen molar-refractivity contribution in [3.8, 4) is 6.07 Å². The molecule has 0 saturated heterocycles. The number of nitriles is 1. The molecule has 0 bridgehead atoms. The summed E-state index contributed by atoms with van der Waals surface area (Å²) in [6.45, 7) is 6.59. The largest absolute Gasteiger partial charge is 0.369 e. The Kier molecular flexibility index (Phi) is 6.38. The van der Waals surface area contributed by atoms with E-state index in [0.29, 0.717) is 32.2 Å². The maximum absolute atomic E-state index is 12.6. The molecule has 0 spiro atoms. The number of carbonyl (C=O) groups is 1. The van der Waals surface area contributed by atoms with Crippen LogP contribution in [-0.2, 0) is 4.79 Å². The lowest BCUT2D eigenvalue weighted by molar-refractivity contribution is -0.112. The summed E-state index contributed by atoms with van der Waals surface area (Å²) in [6, 6.07) is 10.6. The van der Waals surface area contributed by atoms with Gasteiger partial charge in [-0.2, -0.15) is 5.26 Å². The molecule has 0 aliphatic carbocycles. The summed E-state index contributed by atoms with van der Waals surface area (Å²) in [5.74, 6) is -0.220. The predicted octanol–water partition coefficient (Wildman–Crippen LogP) is 6.91. The fraction of sp³-hybridized carbons (Fsp3) is 0.304. The van der Waals surface area contributed by atoms with Gasteiger partial charge in [-0.15, -0.1) is 0 Å². The topological polar surface area (TPSA) is 56.1 Å². The van der Waals surface area contributed by atoms with Crippen molar-refractivity contribution in [2.75, 3.05) is 17.3 Å². The van der Waals surface area contributed by atoms with Crippen molar-refractivity contribution in [3.63, 3.8) is 0 Å². The van der Waals surface area contributed by atoms with Crippen LogP contribution in [0.5, 0.6) is 0 Å². The Labute approximate surface area is 192 Å². The van der Waals surface area contributed by atoms with Crippen LogP contribution in [0.2, 0.25) is 15.1 Å². The number of carbonyl (C=O) groups excluding carboxylic acids is 1. The quantitative estimate of drug-likeness (QED) is 0.398. The third-order valence-corrected chi connectivity index (χ3v) is 6.66. The SMILES string of the molecule is CC1CC(C)(C)N(C)c2cc(Cl)c(/C=C(/C#N)C(=O)Nc3ccc(Cl)c(Cl)c3)cc21. The summed E-state index contributed by atoms with van der Waals surface area (Å²) >= 11 is 18.4. The molecule has 1 amide bonds. The lowest BCUT2D eigenvalue weighted by atomic mass is 9.80. The normalized spacial score (nSPS) is 17.9. The Hall–Kier alpha value is -2.19. The molecule has 30 heavy (non-hydrogen) atoms. The van der Waals surface area contributed by atoms with Crippen LogP contribution in [0.25, 0.3) is 6.08 Å². The van der Waals surface area contributed by atoms with Gasteiger partial charge in [-0.1, -0.05) is 41.7 Å². The monoisotopic (exact) mass is 461 g/mol. The zero-order valence-corrected chi connectivity index (χ0v) is 19.5. The van der Waals surface area contributed by atoms with Crippen LogP contribution < -0.4 is 10.2 Å². The van der Waals surface area contributed by atoms with Crippen molar-refractivity contribution in [2.24, 2.45) is 0 Å². The van der Waals surface area contributed by atoms with E-state index in [-0.39, 0.29) is 11.1 Å². The van der Waals surface area contributed by atoms with E-state index in [1.165, 1.54) is 12.1 Å². The number of hydrogen-bond donors (Lipinski definition) is 1. The van der Waals surface area contributed by atoms with Gasteiger partial charge in [0.15, 0.2) is 0 Å². The van der Waals surface area contributed by atoms with Crippen LogP contribution in [0.3, 0.4) is 0 Å². The molecule has 2 aromatic carbocycles. The number of halogens is 3. The van der Waals surface area contributed by atoms with E-state index < -0.39 is 5.91 Å². The molecule has 1 heterocycles. The van der Waals surface area contributed by atoms with Gasteiger partial charge in [0.2, 0.25) is 0 Å². The van der Waals surface area contributed by atoms with Gasteiger partial charge in [-0.25, -0.2) is 0 Å². The molecule has 0 radical (unpaired) electrons. The summed E-state index contributed by atoms with van der Waals surface area (Å²) < 4.78 is 0. The molecule has 0 aromatic heterocycles. The third kappa shape index (κ3) is 4.44. The number of nitrogens with one attached hydrogen (secondary N) is 1. The Morgan fingerprint density at radius 1 is 1.20 bits per heavy atom. The Balaban J connectivity index is 1.94. The first kappa shape index (κ1) is 22.5. The molecule has 156 valence electrons. The molecule has 1 N–H and O–H groups in total. The molecule has 2 aromatic rings. The van der Waals surface area contributed by atoms with Gasteiger partial charge in [-0.3, -0.25) is 4.79 Å². The second-order valence-corrected chi connectivity index (χ2v) is 9.38. The fourth-order valence-corrected chi connectivity index (χ4v) is 4.30. The number of rotatable bonds is 3. The minimum absolute atomic E-state index is 0.0185. The molecular formula is C23H22Cl3N3O. The number of fused-ring (bicyclic) bond motifs is 1. The van der Waals surface area contributed by atoms with Crippen molar-refractivity contribution in [1.29, 1.82) is 5.26 Å². The highest BCUT2D eigenvalue weighted by Crippen LogP contribution is 2.44. The average Bonchev–Trinajstić information content (AvgIpc) is 2.67. The first-order chi connectivity index (χ1) is 14.0. The number of anilines is 2. The van der Waals surface area contributed by atoms with E-state index in [4.69, 9.17) is 34.8 Å². The predicted molar refractivity (Wildman–Crippen MR) is 126 cm³/mol. The maximum Gasteiger partial charge on any atom is 0.266 e. The average molecular weight is 463 g/mol. The summed E-state index contributed by atoms with van der Waals surface area (Å²) in [4.78, 5) is 14.8. The molecule has 1 unspecified atom stereocenters. The summed E-state index contributed by atoms with van der Waals surface area (Å²) in [7, 11) is 2.06. The van der Waals surface area contributed by atoms with Crippen molar-refractivity contribution in [3.05, 3.63) is 62.1 Å². The van der Waals surface area contributed by atoms with Gasteiger partial charge >= 0.3 is 0 Å². The Morgan fingerprint density at radius 3 is 2.53 bits per heavy atom. The maximum atomic E-state index is 12.6. The first-order valence-electron chi connectivity index (χ1n) is 9.49. The van der Waals surface area contributed by atoms with Gasteiger partial charge in [0.05, 0.1) is 10.0 Å². The second-order valence-electron chi connectivity index (χ2n) is 8.16. The molecular weight excluding hydrogens is 441 g/mol. The van der Waals surface area contributed by atoms with Gasteiger partial charge in [0.1, 0.15) is 11.6 Å². The Morgan fingerprint density at radius 2 is 1.90 bits per heavy atom. The highest BCUT2D eigenvalue weighted by atomic mass is 35.5. The summed E-state index contributed by atoms with van der Waals surface area (Å²) in [5, 5.41) is 13.4. The van der Waals surface area contributed by atoms with E-state index in [2.05, 4.69) is 38.0 Å². The van der Waals surface area contributed by atoms with Crippen LogP contribution in [0, 0.1) is 11.3 Å². The van der Waals surface area contributed by atoms with E-state index in [0.717, 1.165) is 17.7 Å². The molecule has 3 rings (SSSR count). The highest BCUT2D eigenvalue weighted by Gasteiger charge is 2.34. The van der Waals surface area contributed by atoms with Crippen LogP contribution in [0.4, 0.5) is 11.4 Å². The lowest BCUT2D eigenvalue weighted by Gasteiger charge is -2.45. The van der Waals surface area contributed by atoms with Crippen LogP contribution in [0.15, 0.2) is 35.9 Å². The standard InChI is InChI=1S/C23H22Cl3N3O/c1-13-11-23(2,3)29(4)21-10-19(25)14(8-17(13)21)7-15(12-27)22(30)28-16-5-6-18(24)20(26)9-16/h5-10,13H,11H2,1-4H3,(H,28,30)/b15-7-. The molecule has 1 aliphatic rings. The van der Waals surface area contributed by atoms with Gasteiger partial charge in [0, 0.05) is 29.0 Å². The highest BCUT2D eigenvalue weighted by molar-refractivity contribution is 6.42. The zero-order chi connectivity index (χ0) is 22.2. The minimum atomic E-state index is -0.545. The molecule has 0 saturated carbocycles. The van der Waals surface area contributed by atoms with Crippen LogP contribution >= 0.6 is 34.8 Å². The molecule has 4 nitrogen and oxygen atoms in total. The van der Waals surface area contributed by atoms with Crippen molar-refractivity contribution < 1.29 is 4.79 Å². The summed E-state index contributed by atoms with van der Waals surface area (Å²) in [5.41, 5.74) is 3.26. The second kappa shape index (κ2) is 8.51. The third-order valence-electron chi connectivity index (χ3n) is 5.59.